The number of nitrogens with one attached hydrogen (secondary N) is 2. The van der Waals surface area contributed by atoms with Gasteiger partial charge in [0.25, 0.3) is 5.91 Å². The van der Waals surface area contributed by atoms with Gasteiger partial charge in [0.15, 0.2) is 0 Å². The Labute approximate surface area is 103 Å². The minimum atomic E-state index is -0.569. The zero-order chi connectivity index (χ0) is 13.0. The molecule has 0 fully saturated rings. The van der Waals surface area contributed by atoms with E-state index in [1.54, 1.807) is 31.4 Å². The number of carbonyl (C=O) groups excluding carboxylic acids is 1. The maximum atomic E-state index is 13.1. The topological polar surface area (TPSA) is 66.9 Å². The fraction of sp³-hybridized carbons (Fsp3) is 0.0833. The van der Waals surface area contributed by atoms with E-state index in [9.17, 15) is 9.18 Å². The predicted octanol–water partition coefficient (Wildman–Crippen LogP) is 1.91. The molecule has 5 nitrogen and oxygen atoms in total. The quantitative estimate of drug-likeness (QED) is 0.868. The van der Waals surface area contributed by atoms with Crippen molar-refractivity contribution in [3.63, 3.8) is 0 Å². The average molecular weight is 246 g/mol. The first-order chi connectivity index (χ1) is 8.70. The number of hydrogen-bond acceptors (Lipinski definition) is 4. The zero-order valence-electron chi connectivity index (χ0n) is 9.64. The standard InChI is InChI=1S/C12H11FN4O/c1-14-11-9(6-8(13)7-16-11)12(18)17-10-4-2-3-5-15-10/h2-7H,1H3,(H,14,16)(H,15,17,18). The van der Waals surface area contributed by atoms with Crippen LogP contribution in [0.5, 0.6) is 0 Å². The van der Waals surface area contributed by atoms with E-state index in [1.165, 1.54) is 0 Å². The SMILES string of the molecule is CNc1ncc(F)cc1C(=O)Nc1ccccn1. The van der Waals surface area contributed by atoms with Gasteiger partial charge in [0.1, 0.15) is 17.5 Å². The Morgan fingerprint density at radius 3 is 2.83 bits per heavy atom. The maximum absolute atomic E-state index is 13.1. The summed E-state index contributed by atoms with van der Waals surface area (Å²) in [5, 5.41) is 5.29. The molecule has 1 amide bonds. The maximum Gasteiger partial charge on any atom is 0.260 e. The van der Waals surface area contributed by atoms with Crippen LogP contribution in [0.1, 0.15) is 10.4 Å². The van der Waals surface area contributed by atoms with Crippen LogP contribution < -0.4 is 10.6 Å². The number of amides is 1. The van der Waals surface area contributed by atoms with E-state index in [4.69, 9.17) is 0 Å². The van der Waals surface area contributed by atoms with E-state index in [0.717, 1.165) is 12.3 Å². The summed E-state index contributed by atoms with van der Waals surface area (Å²) in [5.74, 6) is -0.330. The van der Waals surface area contributed by atoms with Gasteiger partial charge in [-0.05, 0) is 18.2 Å². The third-order valence-electron chi connectivity index (χ3n) is 2.24. The molecule has 0 aliphatic rings. The summed E-state index contributed by atoms with van der Waals surface area (Å²) in [6, 6.07) is 6.24. The summed E-state index contributed by atoms with van der Waals surface area (Å²) in [4.78, 5) is 19.7. The lowest BCUT2D eigenvalue weighted by Gasteiger charge is -2.08. The second kappa shape index (κ2) is 5.22. The van der Waals surface area contributed by atoms with Crippen LogP contribution in [0.15, 0.2) is 36.7 Å². The van der Waals surface area contributed by atoms with E-state index in [0.29, 0.717) is 11.6 Å². The number of rotatable bonds is 3. The molecule has 92 valence electrons. The van der Waals surface area contributed by atoms with Gasteiger partial charge in [0.05, 0.1) is 11.8 Å². The number of anilines is 2. The van der Waals surface area contributed by atoms with Crippen LogP contribution in [0.3, 0.4) is 0 Å². The third kappa shape index (κ3) is 2.60. The lowest BCUT2D eigenvalue weighted by atomic mass is 10.2. The molecule has 0 unspecified atom stereocenters. The number of halogens is 1. The molecule has 6 heteroatoms. The third-order valence-corrected chi connectivity index (χ3v) is 2.24. The Kier molecular flexibility index (Phi) is 3.47. The van der Waals surface area contributed by atoms with Crippen molar-refractivity contribution in [2.45, 2.75) is 0 Å². The van der Waals surface area contributed by atoms with Crippen molar-refractivity contribution in [2.24, 2.45) is 0 Å². The predicted molar refractivity (Wildman–Crippen MR) is 65.9 cm³/mol. The Hall–Kier alpha value is -2.50. The number of pyridine rings is 2. The fourth-order valence-electron chi connectivity index (χ4n) is 1.43. The van der Waals surface area contributed by atoms with Crippen molar-refractivity contribution in [1.29, 1.82) is 0 Å². The van der Waals surface area contributed by atoms with Crippen molar-refractivity contribution in [1.82, 2.24) is 9.97 Å². The minimum Gasteiger partial charge on any atom is -0.372 e. The normalized spacial score (nSPS) is 9.89. The van der Waals surface area contributed by atoms with Crippen molar-refractivity contribution in [2.75, 3.05) is 17.7 Å². The first-order valence-electron chi connectivity index (χ1n) is 5.26. The monoisotopic (exact) mass is 246 g/mol. The average Bonchev–Trinajstić information content (AvgIpc) is 2.40. The van der Waals surface area contributed by atoms with Crippen molar-refractivity contribution >= 4 is 17.5 Å². The molecule has 2 heterocycles. The molecule has 0 spiro atoms. The molecule has 0 saturated carbocycles. The minimum absolute atomic E-state index is 0.128. The summed E-state index contributed by atoms with van der Waals surface area (Å²) in [5.41, 5.74) is 0.128. The zero-order valence-corrected chi connectivity index (χ0v) is 9.64. The summed E-state index contributed by atoms with van der Waals surface area (Å²) < 4.78 is 13.1. The molecule has 0 radical (unpaired) electrons. The molecule has 2 aromatic heterocycles. The van der Waals surface area contributed by atoms with E-state index in [1.807, 2.05) is 0 Å². The highest BCUT2D eigenvalue weighted by atomic mass is 19.1. The van der Waals surface area contributed by atoms with Gasteiger partial charge in [-0.3, -0.25) is 4.79 Å². The molecule has 0 aliphatic heterocycles. The molecule has 2 aromatic rings. The van der Waals surface area contributed by atoms with Gasteiger partial charge in [-0.1, -0.05) is 6.07 Å². The van der Waals surface area contributed by atoms with E-state index >= 15 is 0 Å². The Balaban J connectivity index is 2.26. The molecular formula is C12H11FN4O. The van der Waals surface area contributed by atoms with Crippen LogP contribution in [0, 0.1) is 5.82 Å². The highest BCUT2D eigenvalue weighted by Crippen LogP contribution is 2.14. The van der Waals surface area contributed by atoms with Crippen LogP contribution >= 0.6 is 0 Å². The fourth-order valence-corrected chi connectivity index (χ4v) is 1.43. The van der Waals surface area contributed by atoms with Gasteiger partial charge in [-0.2, -0.15) is 0 Å². The first kappa shape index (κ1) is 12.0. The van der Waals surface area contributed by atoms with Gasteiger partial charge in [-0.15, -0.1) is 0 Å². The number of carbonyl (C=O) groups is 1. The van der Waals surface area contributed by atoms with Crippen molar-refractivity contribution in [3.05, 3.63) is 48.0 Å². The number of hydrogen-bond donors (Lipinski definition) is 2. The van der Waals surface area contributed by atoms with E-state index < -0.39 is 11.7 Å². The van der Waals surface area contributed by atoms with Gasteiger partial charge >= 0.3 is 0 Å². The van der Waals surface area contributed by atoms with Gasteiger partial charge < -0.3 is 10.6 Å². The molecule has 2 N–H and O–H groups in total. The Morgan fingerprint density at radius 2 is 2.17 bits per heavy atom. The first-order valence-corrected chi connectivity index (χ1v) is 5.26. The molecule has 0 aliphatic carbocycles. The second-order valence-corrected chi connectivity index (χ2v) is 3.47. The van der Waals surface area contributed by atoms with Gasteiger partial charge in [-0.25, -0.2) is 14.4 Å². The highest BCUT2D eigenvalue weighted by Gasteiger charge is 2.13. The van der Waals surface area contributed by atoms with E-state index in [2.05, 4.69) is 20.6 Å². The summed E-state index contributed by atoms with van der Waals surface area (Å²) >= 11 is 0. The summed E-state index contributed by atoms with van der Waals surface area (Å²) in [7, 11) is 1.61. The van der Waals surface area contributed by atoms with Crippen LogP contribution in [0.25, 0.3) is 0 Å². The molecule has 0 bridgehead atoms. The van der Waals surface area contributed by atoms with Gasteiger partial charge in [0, 0.05) is 13.2 Å². The molecule has 0 atom stereocenters. The van der Waals surface area contributed by atoms with Gasteiger partial charge in [0.2, 0.25) is 0 Å². The summed E-state index contributed by atoms with van der Waals surface area (Å²) in [6.45, 7) is 0. The molecule has 2 rings (SSSR count). The summed E-state index contributed by atoms with van der Waals surface area (Å²) in [6.07, 6.45) is 2.60. The smallest absolute Gasteiger partial charge is 0.260 e. The van der Waals surface area contributed by atoms with Crippen LogP contribution in [-0.2, 0) is 0 Å². The molecular weight excluding hydrogens is 235 g/mol. The lowest BCUT2D eigenvalue weighted by molar-refractivity contribution is 0.102. The molecule has 0 aromatic carbocycles. The van der Waals surface area contributed by atoms with Crippen molar-refractivity contribution < 1.29 is 9.18 Å². The number of nitrogens with zero attached hydrogens (tertiary/aromatic N) is 2. The van der Waals surface area contributed by atoms with Crippen LogP contribution in [0.4, 0.5) is 16.0 Å². The highest BCUT2D eigenvalue weighted by molar-refractivity contribution is 6.06. The molecule has 0 saturated heterocycles. The second-order valence-electron chi connectivity index (χ2n) is 3.47. The lowest BCUT2D eigenvalue weighted by Crippen LogP contribution is -2.15. The van der Waals surface area contributed by atoms with Crippen molar-refractivity contribution in [3.8, 4) is 0 Å². The Morgan fingerprint density at radius 1 is 1.33 bits per heavy atom. The van der Waals surface area contributed by atoms with Crippen LogP contribution in [0.2, 0.25) is 0 Å². The van der Waals surface area contributed by atoms with E-state index in [-0.39, 0.29) is 5.56 Å². The molecule has 18 heavy (non-hydrogen) atoms. The Bertz CT molecular complexity index is 559. The largest absolute Gasteiger partial charge is 0.372 e. The van der Waals surface area contributed by atoms with Crippen LogP contribution in [-0.4, -0.2) is 22.9 Å². The number of aromatic nitrogens is 2.